The molecule has 1 N–H and O–H groups in total. The Kier molecular flexibility index (Phi) is 5.44. The lowest BCUT2D eigenvalue weighted by molar-refractivity contribution is 0.504. The number of benzene rings is 1. The molecule has 0 saturated carbocycles. The van der Waals surface area contributed by atoms with E-state index in [0.29, 0.717) is 17.4 Å². The summed E-state index contributed by atoms with van der Waals surface area (Å²) >= 11 is 3.15. The van der Waals surface area contributed by atoms with Gasteiger partial charge in [0.15, 0.2) is 0 Å². The van der Waals surface area contributed by atoms with E-state index in [2.05, 4.69) is 27.3 Å². The standard InChI is InChI=1S/C12H14BrFN2/c1-2-10(5-6-15)16-8-9-3-4-12(14)11(13)7-9/h3-4,7,10,16H,2,5,8H2,1H3. The maximum absolute atomic E-state index is 13.0. The van der Waals surface area contributed by atoms with Crippen molar-refractivity contribution in [1.29, 1.82) is 5.26 Å². The van der Waals surface area contributed by atoms with Gasteiger partial charge in [0.05, 0.1) is 17.0 Å². The van der Waals surface area contributed by atoms with E-state index >= 15 is 0 Å². The molecule has 1 unspecified atom stereocenters. The first-order valence-electron chi connectivity index (χ1n) is 5.21. The maximum Gasteiger partial charge on any atom is 0.137 e. The Hall–Kier alpha value is -0.920. The van der Waals surface area contributed by atoms with Gasteiger partial charge >= 0.3 is 0 Å². The van der Waals surface area contributed by atoms with Crippen LogP contribution in [-0.2, 0) is 6.54 Å². The largest absolute Gasteiger partial charge is 0.309 e. The lowest BCUT2D eigenvalue weighted by Crippen LogP contribution is -2.27. The Morgan fingerprint density at radius 3 is 2.88 bits per heavy atom. The van der Waals surface area contributed by atoms with Gasteiger partial charge in [-0.1, -0.05) is 13.0 Å². The Morgan fingerprint density at radius 1 is 1.56 bits per heavy atom. The van der Waals surface area contributed by atoms with Crippen molar-refractivity contribution in [3.05, 3.63) is 34.1 Å². The van der Waals surface area contributed by atoms with Crippen molar-refractivity contribution in [2.75, 3.05) is 0 Å². The molecule has 1 rings (SSSR count). The molecule has 0 spiro atoms. The fraction of sp³-hybridized carbons (Fsp3) is 0.417. The molecule has 1 atom stereocenters. The zero-order chi connectivity index (χ0) is 12.0. The van der Waals surface area contributed by atoms with Gasteiger partial charge in [-0.15, -0.1) is 0 Å². The van der Waals surface area contributed by atoms with E-state index in [0.717, 1.165) is 12.0 Å². The quantitative estimate of drug-likeness (QED) is 0.900. The topological polar surface area (TPSA) is 35.8 Å². The fourth-order valence-corrected chi connectivity index (χ4v) is 1.81. The zero-order valence-corrected chi connectivity index (χ0v) is 10.7. The Bertz CT molecular complexity index is 387. The van der Waals surface area contributed by atoms with E-state index in [4.69, 9.17) is 5.26 Å². The van der Waals surface area contributed by atoms with Crippen molar-refractivity contribution in [3.63, 3.8) is 0 Å². The molecule has 0 aliphatic carbocycles. The van der Waals surface area contributed by atoms with Crippen LogP contribution in [0.4, 0.5) is 4.39 Å². The Balaban J connectivity index is 2.54. The number of nitriles is 1. The van der Waals surface area contributed by atoms with E-state index < -0.39 is 0 Å². The van der Waals surface area contributed by atoms with Crippen molar-refractivity contribution < 1.29 is 4.39 Å². The molecule has 16 heavy (non-hydrogen) atoms. The van der Waals surface area contributed by atoms with Gasteiger partial charge in [0.1, 0.15) is 5.82 Å². The van der Waals surface area contributed by atoms with Gasteiger partial charge in [-0.3, -0.25) is 0 Å². The van der Waals surface area contributed by atoms with Gasteiger partial charge in [0.2, 0.25) is 0 Å². The number of hydrogen-bond donors (Lipinski definition) is 1. The van der Waals surface area contributed by atoms with Crippen LogP contribution in [-0.4, -0.2) is 6.04 Å². The molecule has 0 fully saturated rings. The van der Waals surface area contributed by atoms with Gasteiger partial charge in [0, 0.05) is 12.6 Å². The van der Waals surface area contributed by atoms with Gasteiger partial charge in [-0.25, -0.2) is 4.39 Å². The fourth-order valence-electron chi connectivity index (χ4n) is 1.38. The normalized spacial score (nSPS) is 12.1. The molecule has 0 aromatic heterocycles. The highest BCUT2D eigenvalue weighted by Crippen LogP contribution is 2.16. The van der Waals surface area contributed by atoms with Crippen LogP contribution in [0.5, 0.6) is 0 Å². The van der Waals surface area contributed by atoms with Crippen molar-refractivity contribution in [2.24, 2.45) is 0 Å². The summed E-state index contributed by atoms with van der Waals surface area (Å²) in [4.78, 5) is 0. The minimum Gasteiger partial charge on any atom is -0.309 e. The predicted molar refractivity (Wildman–Crippen MR) is 65.2 cm³/mol. The molecule has 0 aliphatic rings. The minimum absolute atomic E-state index is 0.203. The molecule has 86 valence electrons. The zero-order valence-electron chi connectivity index (χ0n) is 9.13. The molecular weight excluding hydrogens is 271 g/mol. The van der Waals surface area contributed by atoms with E-state index in [1.165, 1.54) is 6.07 Å². The monoisotopic (exact) mass is 284 g/mol. The molecule has 2 nitrogen and oxygen atoms in total. The van der Waals surface area contributed by atoms with E-state index in [1.54, 1.807) is 12.1 Å². The third kappa shape index (κ3) is 3.92. The highest BCUT2D eigenvalue weighted by molar-refractivity contribution is 9.10. The summed E-state index contributed by atoms with van der Waals surface area (Å²) in [6, 6.07) is 7.28. The van der Waals surface area contributed by atoms with Gasteiger partial charge < -0.3 is 5.32 Å². The summed E-state index contributed by atoms with van der Waals surface area (Å²) in [7, 11) is 0. The van der Waals surface area contributed by atoms with Crippen LogP contribution in [0.3, 0.4) is 0 Å². The van der Waals surface area contributed by atoms with E-state index in [-0.39, 0.29) is 11.9 Å². The molecule has 0 bridgehead atoms. The Morgan fingerprint density at radius 2 is 2.31 bits per heavy atom. The summed E-state index contributed by atoms with van der Waals surface area (Å²) in [5.41, 5.74) is 1.00. The first-order valence-corrected chi connectivity index (χ1v) is 6.01. The molecular formula is C12H14BrFN2. The van der Waals surface area contributed by atoms with Crippen LogP contribution in [0.25, 0.3) is 0 Å². The van der Waals surface area contributed by atoms with Crippen LogP contribution in [0.1, 0.15) is 25.3 Å². The van der Waals surface area contributed by atoms with Gasteiger partial charge in [0.25, 0.3) is 0 Å². The van der Waals surface area contributed by atoms with Crippen molar-refractivity contribution in [3.8, 4) is 6.07 Å². The highest BCUT2D eigenvalue weighted by atomic mass is 79.9. The second-order valence-electron chi connectivity index (χ2n) is 3.60. The smallest absolute Gasteiger partial charge is 0.137 e. The average Bonchev–Trinajstić information content (AvgIpc) is 2.28. The summed E-state index contributed by atoms with van der Waals surface area (Å²) in [6.45, 7) is 2.69. The minimum atomic E-state index is -0.257. The molecule has 1 aromatic carbocycles. The summed E-state index contributed by atoms with van der Waals surface area (Å²) in [5, 5.41) is 11.9. The van der Waals surface area contributed by atoms with Crippen molar-refractivity contribution in [1.82, 2.24) is 5.32 Å². The summed E-state index contributed by atoms with van der Waals surface area (Å²) in [6.07, 6.45) is 1.41. The van der Waals surface area contributed by atoms with Crippen LogP contribution >= 0.6 is 15.9 Å². The SMILES string of the molecule is CCC(CC#N)NCc1ccc(F)c(Br)c1. The molecule has 0 saturated heterocycles. The molecule has 0 aliphatic heterocycles. The van der Waals surface area contributed by atoms with Gasteiger partial charge in [-0.05, 0) is 40.0 Å². The van der Waals surface area contributed by atoms with Gasteiger partial charge in [-0.2, -0.15) is 5.26 Å². The van der Waals surface area contributed by atoms with Crippen molar-refractivity contribution in [2.45, 2.75) is 32.4 Å². The number of rotatable bonds is 5. The summed E-state index contributed by atoms with van der Waals surface area (Å²) in [5.74, 6) is -0.257. The maximum atomic E-state index is 13.0. The average molecular weight is 285 g/mol. The van der Waals surface area contributed by atoms with Crippen LogP contribution in [0.15, 0.2) is 22.7 Å². The molecule has 0 amide bonds. The highest BCUT2D eigenvalue weighted by Gasteiger charge is 2.05. The predicted octanol–water partition coefficient (Wildman–Crippen LogP) is 3.37. The molecule has 0 radical (unpaired) electrons. The second kappa shape index (κ2) is 6.62. The third-order valence-electron chi connectivity index (χ3n) is 2.41. The summed E-state index contributed by atoms with van der Waals surface area (Å²) < 4.78 is 13.4. The number of nitrogens with zero attached hydrogens (tertiary/aromatic N) is 1. The van der Waals surface area contributed by atoms with Crippen molar-refractivity contribution >= 4 is 15.9 Å². The number of halogens is 2. The third-order valence-corrected chi connectivity index (χ3v) is 3.02. The number of hydrogen-bond acceptors (Lipinski definition) is 2. The lowest BCUT2D eigenvalue weighted by Gasteiger charge is -2.13. The van der Waals surface area contributed by atoms with E-state index in [1.807, 2.05) is 6.92 Å². The first-order chi connectivity index (χ1) is 7.67. The number of nitrogens with one attached hydrogen (secondary N) is 1. The van der Waals surface area contributed by atoms with E-state index in [9.17, 15) is 4.39 Å². The van der Waals surface area contributed by atoms with Crippen LogP contribution in [0.2, 0.25) is 0 Å². The lowest BCUT2D eigenvalue weighted by atomic mass is 10.1. The van der Waals surface area contributed by atoms with Crippen LogP contribution < -0.4 is 5.32 Å². The second-order valence-corrected chi connectivity index (χ2v) is 4.45. The van der Waals surface area contributed by atoms with Crippen LogP contribution in [0, 0.1) is 17.1 Å². The Labute approximate surface area is 104 Å². The molecule has 0 heterocycles. The molecule has 4 heteroatoms. The first kappa shape index (κ1) is 13.1. The molecule has 1 aromatic rings.